The lowest BCUT2D eigenvalue weighted by Gasteiger charge is -2.36. The molecular formula is C19H27FIN5O. The molecule has 1 fully saturated rings. The van der Waals surface area contributed by atoms with E-state index in [9.17, 15) is 4.39 Å². The van der Waals surface area contributed by atoms with E-state index < -0.39 is 0 Å². The van der Waals surface area contributed by atoms with E-state index in [2.05, 4.69) is 25.3 Å². The Bertz CT molecular complexity index is 702. The van der Waals surface area contributed by atoms with Crippen molar-refractivity contribution in [3.63, 3.8) is 0 Å². The maximum atomic E-state index is 13.2. The van der Waals surface area contributed by atoms with Gasteiger partial charge >= 0.3 is 0 Å². The Hall–Kier alpha value is -1.68. The summed E-state index contributed by atoms with van der Waals surface area (Å²) in [4.78, 5) is 9.04. The highest BCUT2D eigenvalue weighted by molar-refractivity contribution is 14.0. The predicted octanol–water partition coefficient (Wildman–Crippen LogP) is 2.76. The third-order valence-electron chi connectivity index (χ3n) is 4.57. The molecule has 8 heteroatoms. The van der Waals surface area contributed by atoms with Crippen LogP contribution in [-0.4, -0.2) is 60.7 Å². The molecule has 2 aromatic rings. The first kappa shape index (κ1) is 21.6. The third-order valence-corrected chi connectivity index (χ3v) is 4.57. The van der Waals surface area contributed by atoms with Crippen molar-refractivity contribution in [1.82, 2.24) is 20.3 Å². The van der Waals surface area contributed by atoms with Gasteiger partial charge in [-0.05, 0) is 30.5 Å². The van der Waals surface area contributed by atoms with Crippen LogP contribution in [0, 0.1) is 5.82 Å². The van der Waals surface area contributed by atoms with Gasteiger partial charge in [0.2, 0.25) is 0 Å². The van der Waals surface area contributed by atoms with Crippen molar-refractivity contribution in [3.05, 3.63) is 53.7 Å². The van der Waals surface area contributed by atoms with Crippen LogP contribution in [0.1, 0.15) is 17.7 Å². The van der Waals surface area contributed by atoms with E-state index in [1.807, 2.05) is 19.2 Å². The number of aryl methyl sites for hydroxylation is 1. The predicted molar refractivity (Wildman–Crippen MR) is 115 cm³/mol. The number of guanidine groups is 1. The van der Waals surface area contributed by atoms with Crippen LogP contribution < -0.4 is 5.32 Å². The van der Waals surface area contributed by atoms with Gasteiger partial charge in [-0.15, -0.1) is 24.0 Å². The first-order valence-corrected chi connectivity index (χ1v) is 9.06. The van der Waals surface area contributed by atoms with E-state index >= 15 is 0 Å². The molecule has 148 valence electrons. The molecule has 1 N–H and O–H groups in total. The normalized spacial score (nSPS) is 15.5. The summed E-state index contributed by atoms with van der Waals surface area (Å²) < 4.78 is 18.1. The molecule has 2 heterocycles. The molecule has 1 saturated heterocycles. The van der Waals surface area contributed by atoms with Crippen molar-refractivity contribution in [1.29, 1.82) is 0 Å². The number of hydrogen-bond acceptors (Lipinski definition) is 4. The topological polar surface area (TPSA) is 56.9 Å². The molecule has 0 bridgehead atoms. The fourth-order valence-electron chi connectivity index (χ4n) is 3.18. The van der Waals surface area contributed by atoms with Gasteiger partial charge in [0.25, 0.3) is 0 Å². The largest absolute Gasteiger partial charge is 0.364 e. The zero-order valence-electron chi connectivity index (χ0n) is 15.6. The van der Waals surface area contributed by atoms with Crippen molar-refractivity contribution < 1.29 is 8.91 Å². The van der Waals surface area contributed by atoms with Crippen LogP contribution in [0.25, 0.3) is 0 Å². The molecule has 0 radical (unpaired) electrons. The summed E-state index contributed by atoms with van der Waals surface area (Å²) in [5.41, 5.74) is 2.00. The lowest BCUT2D eigenvalue weighted by molar-refractivity contribution is 0.169. The van der Waals surface area contributed by atoms with E-state index in [0.717, 1.165) is 69.3 Å². The summed E-state index contributed by atoms with van der Waals surface area (Å²) in [7, 11) is 1.82. The molecular weight excluding hydrogens is 460 g/mol. The summed E-state index contributed by atoms with van der Waals surface area (Å²) in [5.74, 6) is 0.764. The smallest absolute Gasteiger partial charge is 0.193 e. The van der Waals surface area contributed by atoms with Crippen LogP contribution in [0.15, 0.2) is 46.1 Å². The standard InChI is InChI=1S/C19H26FN5O.HI/c1-21-19(22-8-3-5-16-4-2-6-17(20)14-16)25-11-9-24(10-12-25)15-18-7-13-26-23-18;/h2,4,6-7,13-14H,3,5,8-12,15H2,1H3,(H,21,22);1H. The Kier molecular flexibility index (Phi) is 8.99. The van der Waals surface area contributed by atoms with Crippen molar-refractivity contribution in [2.75, 3.05) is 39.8 Å². The molecule has 0 spiro atoms. The molecule has 0 unspecified atom stereocenters. The molecule has 0 atom stereocenters. The Labute approximate surface area is 176 Å². The number of halogens is 2. The van der Waals surface area contributed by atoms with Gasteiger partial charge < -0.3 is 14.7 Å². The van der Waals surface area contributed by atoms with E-state index in [-0.39, 0.29) is 29.8 Å². The number of hydrogen-bond donors (Lipinski definition) is 1. The fourth-order valence-corrected chi connectivity index (χ4v) is 3.18. The van der Waals surface area contributed by atoms with Gasteiger partial charge in [-0.1, -0.05) is 17.3 Å². The average molecular weight is 487 g/mol. The van der Waals surface area contributed by atoms with Gasteiger partial charge in [0.1, 0.15) is 12.1 Å². The maximum absolute atomic E-state index is 13.2. The molecule has 0 aliphatic carbocycles. The minimum Gasteiger partial charge on any atom is -0.364 e. The molecule has 27 heavy (non-hydrogen) atoms. The summed E-state index contributed by atoms with van der Waals surface area (Å²) in [6.07, 6.45) is 3.41. The Morgan fingerprint density at radius 3 is 2.74 bits per heavy atom. The summed E-state index contributed by atoms with van der Waals surface area (Å²) >= 11 is 0. The second-order valence-corrected chi connectivity index (χ2v) is 6.46. The number of piperazine rings is 1. The van der Waals surface area contributed by atoms with Crippen molar-refractivity contribution in [2.45, 2.75) is 19.4 Å². The molecule has 0 amide bonds. The SMILES string of the molecule is CN=C(NCCCc1cccc(F)c1)N1CCN(Cc2ccon2)CC1.I. The third kappa shape index (κ3) is 6.76. The second-order valence-electron chi connectivity index (χ2n) is 6.46. The molecule has 1 aromatic carbocycles. The number of benzene rings is 1. The van der Waals surface area contributed by atoms with Gasteiger partial charge in [0.05, 0.1) is 5.69 Å². The van der Waals surface area contributed by atoms with E-state index in [1.165, 1.54) is 6.07 Å². The van der Waals surface area contributed by atoms with Gasteiger partial charge in [0, 0.05) is 52.4 Å². The van der Waals surface area contributed by atoms with Crippen LogP contribution in [-0.2, 0) is 13.0 Å². The van der Waals surface area contributed by atoms with Gasteiger partial charge in [-0.25, -0.2) is 4.39 Å². The lowest BCUT2D eigenvalue weighted by Crippen LogP contribution is -2.52. The number of nitrogens with one attached hydrogen (secondary N) is 1. The van der Waals surface area contributed by atoms with Crippen molar-refractivity contribution in [3.8, 4) is 0 Å². The van der Waals surface area contributed by atoms with Gasteiger partial charge in [0.15, 0.2) is 5.96 Å². The van der Waals surface area contributed by atoms with Crippen LogP contribution in [0.3, 0.4) is 0 Å². The van der Waals surface area contributed by atoms with Crippen LogP contribution >= 0.6 is 24.0 Å². The number of aromatic nitrogens is 1. The number of nitrogens with zero attached hydrogens (tertiary/aromatic N) is 4. The quantitative estimate of drug-likeness (QED) is 0.294. The number of aliphatic imine (C=N–C) groups is 1. The summed E-state index contributed by atoms with van der Waals surface area (Å²) in [5, 5.41) is 7.39. The Morgan fingerprint density at radius 1 is 1.26 bits per heavy atom. The van der Waals surface area contributed by atoms with E-state index in [1.54, 1.807) is 18.4 Å². The first-order chi connectivity index (χ1) is 12.7. The molecule has 3 rings (SSSR count). The first-order valence-electron chi connectivity index (χ1n) is 9.06. The van der Waals surface area contributed by atoms with Crippen LogP contribution in [0.4, 0.5) is 4.39 Å². The van der Waals surface area contributed by atoms with E-state index in [4.69, 9.17) is 4.52 Å². The highest BCUT2D eigenvalue weighted by Gasteiger charge is 2.20. The average Bonchev–Trinajstić information content (AvgIpc) is 3.16. The van der Waals surface area contributed by atoms with E-state index in [0.29, 0.717) is 0 Å². The zero-order valence-corrected chi connectivity index (χ0v) is 17.9. The van der Waals surface area contributed by atoms with Crippen LogP contribution in [0.5, 0.6) is 0 Å². The van der Waals surface area contributed by atoms with Crippen LogP contribution in [0.2, 0.25) is 0 Å². The molecule has 1 aliphatic rings. The number of rotatable bonds is 6. The highest BCUT2D eigenvalue weighted by Crippen LogP contribution is 2.08. The molecule has 0 saturated carbocycles. The Balaban J connectivity index is 0.00000261. The summed E-state index contributed by atoms with van der Waals surface area (Å²) in [6, 6.07) is 8.71. The van der Waals surface area contributed by atoms with Gasteiger partial charge in [-0.3, -0.25) is 9.89 Å². The lowest BCUT2D eigenvalue weighted by atomic mass is 10.1. The maximum Gasteiger partial charge on any atom is 0.193 e. The summed E-state index contributed by atoms with van der Waals surface area (Å²) in [6.45, 7) is 5.45. The van der Waals surface area contributed by atoms with Crippen molar-refractivity contribution >= 4 is 29.9 Å². The van der Waals surface area contributed by atoms with Crippen molar-refractivity contribution in [2.24, 2.45) is 4.99 Å². The Morgan fingerprint density at radius 2 is 2.07 bits per heavy atom. The molecule has 1 aromatic heterocycles. The fraction of sp³-hybridized carbons (Fsp3) is 0.474. The molecule has 6 nitrogen and oxygen atoms in total. The van der Waals surface area contributed by atoms with Gasteiger partial charge in [-0.2, -0.15) is 0 Å². The second kappa shape index (κ2) is 11.2. The molecule has 1 aliphatic heterocycles. The minimum atomic E-state index is -0.172. The monoisotopic (exact) mass is 487 g/mol. The minimum absolute atomic E-state index is 0. The zero-order chi connectivity index (χ0) is 18.2. The highest BCUT2D eigenvalue weighted by atomic mass is 127.